The minimum atomic E-state index is -0.0922. The van der Waals surface area contributed by atoms with Gasteiger partial charge in [0, 0.05) is 7.11 Å². The molecule has 0 unspecified atom stereocenters. The fourth-order valence-electron chi connectivity index (χ4n) is 2.42. The zero-order valence-electron chi connectivity index (χ0n) is 13.1. The molecule has 0 spiro atoms. The quantitative estimate of drug-likeness (QED) is 0.452. The molecule has 6 heteroatoms. The van der Waals surface area contributed by atoms with Crippen molar-refractivity contribution >= 4 is 5.97 Å². The van der Waals surface area contributed by atoms with Crippen LogP contribution in [0.3, 0.4) is 0 Å². The van der Waals surface area contributed by atoms with Crippen LogP contribution >= 0.6 is 0 Å². The first-order valence-corrected chi connectivity index (χ1v) is 7.79. The Morgan fingerprint density at radius 1 is 0.952 bits per heavy atom. The maximum Gasteiger partial charge on any atom is 0.309 e. The second-order valence-electron chi connectivity index (χ2n) is 5.34. The Morgan fingerprint density at radius 2 is 1.52 bits per heavy atom. The van der Waals surface area contributed by atoms with Crippen LogP contribution in [-0.4, -0.2) is 59.3 Å². The third-order valence-electron chi connectivity index (χ3n) is 3.79. The van der Waals surface area contributed by atoms with Gasteiger partial charge in [0.25, 0.3) is 0 Å². The summed E-state index contributed by atoms with van der Waals surface area (Å²) >= 11 is 0. The highest BCUT2D eigenvalue weighted by molar-refractivity contribution is 5.72. The van der Waals surface area contributed by atoms with Crippen molar-refractivity contribution in [2.45, 2.75) is 25.7 Å². The largest absolute Gasteiger partial charge is 0.463 e. The zero-order chi connectivity index (χ0) is 15.3. The van der Waals surface area contributed by atoms with E-state index in [1.807, 2.05) is 0 Å². The van der Waals surface area contributed by atoms with Gasteiger partial charge in [-0.1, -0.05) is 0 Å². The first-order chi connectivity index (χ1) is 10.3. The number of nitrogens with two attached hydrogens (primary N) is 1. The summed E-state index contributed by atoms with van der Waals surface area (Å²) in [6, 6.07) is 0. The molecular formula is C15H29NO5. The van der Waals surface area contributed by atoms with Gasteiger partial charge < -0.3 is 24.7 Å². The fraction of sp³-hybridized carbons (Fsp3) is 0.933. The van der Waals surface area contributed by atoms with Crippen molar-refractivity contribution in [2.24, 2.45) is 17.6 Å². The van der Waals surface area contributed by atoms with Gasteiger partial charge >= 0.3 is 5.97 Å². The van der Waals surface area contributed by atoms with Crippen LogP contribution in [0, 0.1) is 11.8 Å². The Bertz CT molecular complexity index is 267. The van der Waals surface area contributed by atoms with Crippen LogP contribution in [-0.2, 0) is 23.7 Å². The van der Waals surface area contributed by atoms with Gasteiger partial charge in [-0.15, -0.1) is 0 Å². The van der Waals surface area contributed by atoms with Gasteiger partial charge in [-0.05, 0) is 38.1 Å². The SMILES string of the molecule is COCCOCCOCCOC(=O)C1CCC(CN)CC1. The van der Waals surface area contributed by atoms with E-state index in [1.165, 1.54) is 0 Å². The van der Waals surface area contributed by atoms with E-state index in [9.17, 15) is 4.79 Å². The molecule has 2 N–H and O–H groups in total. The Hall–Kier alpha value is -0.690. The lowest BCUT2D eigenvalue weighted by Crippen LogP contribution is -2.27. The van der Waals surface area contributed by atoms with Crippen LogP contribution in [0.4, 0.5) is 0 Å². The van der Waals surface area contributed by atoms with Gasteiger partial charge in [0.15, 0.2) is 0 Å². The van der Waals surface area contributed by atoms with E-state index >= 15 is 0 Å². The molecule has 1 aliphatic rings. The molecule has 0 aliphatic heterocycles. The van der Waals surface area contributed by atoms with E-state index in [-0.39, 0.29) is 11.9 Å². The summed E-state index contributed by atoms with van der Waals surface area (Å²) in [6.07, 6.45) is 3.86. The van der Waals surface area contributed by atoms with Crippen molar-refractivity contribution in [2.75, 3.05) is 53.3 Å². The highest BCUT2D eigenvalue weighted by atomic mass is 16.6. The Kier molecular flexibility index (Phi) is 10.4. The molecule has 0 aromatic heterocycles. The highest BCUT2D eigenvalue weighted by Gasteiger charge is 2.26. The molecule has 1 rings (SSSR count). The van der Waals surface area contributed by atoms with E-state index in [0.29, 0.717) is 45.6 Å². The summed E-state index contributed by atoms with van der Waals surface area (Å²) in [7, 11) is 1.64. The van der Waals surface area contributed by atoms with Crippen molar-refractivity contribution in [3.05, 3.63) is 0 Å². The normalized spacial score (nSPS) is 22.2. The van der Waals surface area contributed by atoms with Crippen molar-refractivity contribution in [3.63, 3.8) is 0 Å². The maximum absolute atomic E-state index is 11.9. The molecule has 0 atom stereocenters. The summed E-state index contributed by atoms with van der Waals surface area (Å²) < 4.78 is 20.7. The minimum absolute atomic E-state index is 0.0465. The molecular weight excluding hydrogens is 274 g/mol. The van der Waals surface area contributed by atoms with Gasteiger partial charge in [0.2, 0.25) is 0 Å². The topological polar surface area (TPSA) is 80.0 Å². The summed E-state index contributed by atoms with van der Waals surface area (Å²) in [5.41, 5.74) is 5.64. The molecule has 0 amide bonds. The van der Waals surface area contributed by atoms with Crippen LogP contribution in [0.5, 0.6) is 0 Å². The van der Waals surface area contributed by atoms with Crippen molar-refractivity contribution < 1.29 is 23.7 Å². The monoisotopic (exact) mass is 303 g/mol. The molecule has 1 saturated carbocycles. The molecule has 0 saturated heterocycles. The number of esters is 1. The maximum atomic E-state index is 11.9. The lowest BCUT2D eigenvalue weighted by atomic mass is 9.82. The van der Waals surface area contributed by atoms with Crippen molar-refractivity contribution in [1.29, 1.82) is 0 Å². The van der Waals surface area contributed by atoms with Crippen LogP contribution in [0.25, 0.3) is 0 Å². The smallest absolute Gasteiger partial charge is 0.309 e. The van der Waals surface area contributed by atoms with E-state index in [1.54, 1.807) is 7.11 Å². The van der Waals surface area contributed by atoms with E-state index in [2.05, 4.69) is 0 Å². The summed E-state index contributed by atoms with van der Waals surface area (Å²) in [4.78, 5) is 11.9. The number of rotatable bonds is 11. The molecule has 0 aromatic carbocycles. The average Bonchev–Trinajstić information content (AvgIpc) is 2.53. The predicted molar refractivity (Wildman–Crippen MR) is 79.0 cm³/mol. The first kappa shape index (κ1) is 18.4. The molecule has 1 aliphatic carbocycles. The second kappa shape index (κ2) is 11.9. The summed E-state index contributed by atoms with van der Waals surface area (Å²) in [5, 5.41) is 0. The number of hydrogen-bond donors (Lipinski definition) is 1. The van der Waals surface area contributed by atoms with Gasteiger partial charge in [-0.3, -0.25) is 4.79 Å². The average molecular weight is 303 g/mol. The number of methoxy groups -OCH3 is 1. The van der Waals surface area contributed by atoms with Crippen molar-refractivity contribution in [3.8, 4) is 0 Å². The Morgan fingerprint density at radius 3 is 2.10 bits per heavy atom. The lowest BCUT2D eigenvalue weighted by molar-refractivity contribution is -0.151. The standard InChI is InChI=1S/C15H29NO5/c1-18-6-7-19-8-9-20-10-11-21-15(17)14-4-2-13(12-16)3-5-14/h13-14H,2-12,16H2,1H3. The second-order valence-corrected chi connectivity index (χ2v) is 5.34. The van der Waals surface area contributed by atoms with Gasteiger partial charge in [-0.2, -0.15) is 0 Å². The minimum Gasteiger partial charge on any atom is -0.463 e. The van der Waals surface area contributed by atoms with E-state index in [0.717, 1.165) is 32.2 Å². The number of ether oxygens (including phenoxy) is 4. The zero-order valence-corrected chi connectivity index (χ0v) is 13.1. The fourth-order valence-corrected chi connectivity index (χ4v) is 2.42. The molecule has 0 heterocycles. The van der Waals surface area contributed by atoms with Gasteiger partial charge in [0.05, 0.1) is 39.0 Å². The molecule has 1 fully saturated rings. The predicted octanol–water partition coefficient (Wildman–Crippen LogP) is 0.974. The lowest BCUT2D eigenvalue weighted by Gasteiger charge is -2.26. The van der Waals surface area contributed by atoms with Gasteiger partial charge in [-0.25, -0.2) is 0 Å². The molecule has 0 aromatic rings. The Labute approximate surface area is 127 Å². The molecule has 124 valence electrons. The highest BCUT2D eigenvalue weighted by Crippen LogP contribution is 2.28. The summed E-state index contributed by atoms with van der Waals surface area (Å²) in [6.45, 7) is 3.64. The van der Waals surface area contributed by atoms with Crippen molar-refractivity contribution in [1.82, 2.24) is 0 Å². The first-order valence-electron chi connectivity index (χ1n) is 7.79. The molecule has 0 radical (unpaired) electrons. The van der Waals surface area contributed by atoms with E-state index < -0.39 is 0 Å². The molecule has 6 nitrogen and oxygen atoms in total. The Balaban J connectivity index is 1.92. The van der Waals surface area contributed by atoms with E-state index in [4.69, 9.17) is 24.7 Å². The molecule has 0 bridgehead atoms. The van der Waals surface area contributed by atoms with Crippen LogP contribution in [0.15, 0.2) is 0 Å². The number of carbonyl (C=O) groups excluding carboxylic acids is 1. The number of carbonyl (C=O) groups is 1. The third kappa shape index (κ3) is 8.36. The van der Waals surface area contributed by atoms with Crippen LogP contribution in [0.1, 0.15) is 25.7 Å². The third-order valence-corrected chi connectivity index (χ3v) is 3.79. The van der Waals surface area contributed by atoms with Crippen LogP contribution in [0.2, 0.25) is 0 Å². The van der Waals surface area contributed by atoms with Gasteiger partial charge in [0.1, 0.15) is 6.61 Å². The molecule has 21 heavy (non-hydrogen) atoms. The van der Waals surface area contributed by atoms with Crippen LogP contribution < -0.4 is 5.73 Å². The summed E-state index contributed by atoms with van der Waals surface area (Å²) in [5.74, 6) is 0.533. The number of hydrogen-bond acceptors (Lipinski definition) is 6.